The molecule has 0 unspecified atom stereocenters. The van der Waals surface area contributed by atoms with Crippen LogP contribution in [0.1, 0.15) is 38.1 Å². The minimum atomic E-state index is 0.145. The first kappa shape index (κ1) is 17.4. The van der Waals surface area contributed by atoms with E-state index in [0.29, 0.717) is 0 Å². The van der Waals surface area contributed by atoms with E-state index in [4.69, 9.17) is 4.98 Å². The van der Waals surface area contributed by atoms with E-state index in [0.717, 1.165) is 65.3 Å². The summed E-state index contributed by atoms with van der Waals surface area (Å²) in [5.74, 6) is 0.959. The number of nitrogens with zero attached hydrogens (tertiary/aromatic N) is 3. The van der Waals surface area contributed by atoms with E-state index in [-0.39, 0.29) is 11.6 Å². The second-order valence-electron chi connectivity index (χ2n) is 7.18. The van der Waals surface area contributed by atoms with Gasteiger partial charge in [-0.15, -0.1) is 11.3 Å². The Morgan fingerprint density at radius 2 is 1.92 bits per heavy atom. The van der Waals surface area contributed by atoms with Gasteiger partial charge in [-0.3, -0.25) is 9.36 Å². The third-order valence-electron chi connectivity index (χ3n) is 5.26. The van der Waals surface area contributed by atoms with Crippen molar-refractivity contribution in [2.75, 3.05) is 20.1 Å². The normalized spacial score (nSPS) is 16.4. The van der Waals surface area contributed by atoms with Crippen molar-refractivity contribution in [1.82, 2.24) is 14.5 Å². The fourth-order valence-electron chi connectivity index (χ4n) is 3.81. The number of hydrogen-bond donors (Lipinski definition) is 0. The molecular formula is C21H25N3OS. The van der Waals surface area contributed by atoms with Crippen molar-refractivity contribution in [2.24, 2.45) is 0 Å². The summed E-state index contributed by atoms with van der Waals surface area (Å²) in [4.78, 5) is 22.6. The molecule has 26 heavy (non-hydrogen) atoms. The molecular weight excluding hydrogens is 342 g/mol. The summed E-state index contributed by atoms with van der Waals surface area (Å²) in [5.41, 5.74) is 1.30. The smallest absolute Gasteiger partial charge is 0.262 e. The predicted molar refractivity (Wildman–Crippen MR) is 109 cm³/mol. The van der Waals surface area contributed by atoms with Crippen molar-refractivity contribution in [3.8, 4) is 10.4 Å². The van der Waals surface area contributed by atoms with Crippen molar-refractivity contribution in [3.63, 3.8) is 0 Å². The van der Waals surface area contributed by atoms with Gasteiger partial charge < -0.3 is 4.90 Å². The van der Waals surface area contributed by atoms with Crippen LogP contribution in [0.2, 0.25) is 0 Å². The Kier molecular flexibility index (Phi) is 4.92. The maximum absolute atomic E-state index is 13.4. The van der Waals surface area contributed by atoms with Crippen LogP contribution >= 0.6 is 11.3 Å². The molecule has 3 aromatic rings. The molecule has 0 bridgehead atoms. The van der Waals surface area contributed by atoms with Crippen LogP contribution in [0.4, 0.5) is 0 Å². The second-order valence-corrected chi connectivity index (χ2v) is 8.21. The second kappa shape index (κ2) is 7.33. The van der Waals surface area contributed by atoms with Crippen LogP contribution in [0.5, 0.6) is 0 Å². The Morgan fingerprint density at radius 1 is 1.19 bits per heavy atom. The van der Waals surface area contributed by atoms with Gasteiger partial charge in [0.15, 0.2) is 0 Å². The Hall–Kier alpha value is -1.98. The van der Waals surface area contributed by atoms with Gasteiger partial charge in [0, 0.05) is 17.3 Å². The highest BCUT2D eigenvalue weighted by Gasteiger charge is 2.24. The van der Waals surface area contributed by atoms with Gasteiger partial charge in [0.25, 0.3) is 5.56 Å². The first-order valence-electron chi connectivity index (χ1n) is 9.46. The molecule has 4 rings (SSSR count). The molecule has 0 saturated carbocycles. The third kappa shape index (κ3) is 3.21. The zero-order valence-corrected chi connectivity index (χ0v) is 16.3. The number of likely N-dealkylation sites (tertiary alicyclic amines) is 1. The van der Waals surface area contributed by atoms with Crippen molar-refractivity contribution >= 4 is 21.6 Å². The molecule has 2 aromatic heterocycles. The Morgan fingerprint density at radius 3 is 2.62 bits per heavy atom. The van der Waals surface area contributed by atoms with Gasteiger partial charge in [-0.25, -0.2) is 4.98 Å². The summed E-state index contributed by atoms with van der Waals surface area (Å²) in [6.45, 7) is 4.23. The number of aryl methyl sites for hydroxylation is 1. The van der Waals surface area contributed by atoms with Crippen molar-refractivity contribution in [2.45, 2.75) is 38.6 Å². The van der Waals surface area contributed by atoms with Gasteiger partial charge in [0.05, 0.1) is 5.39 Å². The molecule has 1 aliphatic rings. The van der Waals surface area contributed by atoms with E-state index in [1.54, 1.807) is 11.3 Å². The van der Waals surface area contributed by atoms with E-state index in [9.17, 15) is 4.79 Å². The van der Waals surface area contributed by atoms with Gasteiger partial charge in [-0.1, -0.05) is 37.3 Å². The standard InChI is InChI=1S/C21H25N3OS/c1-3-7-19-22-20-17(14-18(26-20)15-8-5-4-6-9-15)21(25)24(19)16-10-12-23(2)13-11-16/h4-6,8-9,14,16H,3,7,10-13H2,1-2H3. The van der Waals surface area contributed by atoms with Gasteiger partial charge in [0.2, 0.25) is 0 Å². The topological polar surface area (TPSA) is 38.1 Å². The maximum Gasteiger partial charge on any atom is 0.262 e. The fourth-order valence-corrected chi connectivity index (χ4v) is 4.86. The van der Waals surface area contributed by atoms with Gasteiger partial charge in [0.1, 0.15) is 10.7 Å². The summed E-state index contributed by atoms with van der Waals surface area (Å²) >= 11 is 1.63. The molecule has 1 aliphatic heterocycles. The molecule has 1 saturated heterocycles. The largest absolute Gasteiger partial charge is 0.306 e. The summed E-state index contributed by atoms with van der Waals surface area (Å²) in [5, 5.41) is 0.771. The third-order valence-corrected chi connectivity index (χ3v) is 6.33. The summed E-state index contributed by atoms with van der Waals surface area (Å²) in [6, 6.07) is 12.6. The maximum atomic E-state index is 13.4. The molecule has 3 heterocycles. The van der Waals surface area contributed by atoms with Gasteiger partial charge in [-0.2, -0.15) is 0 Å². The average Bonchev–Trinajstić information content (AvgIpc) is 3.09. The average molecular weight is 368 g/mol. The van der Waals surface area contributed by atoms with Crippen LogP contribution in [0.25, 0.3) is 20.7 Å². The van der Waals surface area contributed by atoms with E-state index < -0.39 is 0 Å². The van der Waals surface area contributed by atoms with E-state index in [1.807, 2.05) is 28.8 Å². The summed E-state index contributed by atoms with van der Waals surface area (Å²) in [6.07, 6.45) is 3.91. The zero-order chi connectivity index (χ0) is 18.1. The molecule has 0 amide bonds. The molecule has 0 radical (unpaired) electrons. The summed E-state index contributed by atoms with van der Waals surface area (Å²) < 4.78 is 2.01. The Bertz CT molecular complexity index is 953. The molecule has 4 nitrogen and oxygen atoms in total. The molecule has 0 atom stereocenters. The monoisotopic (exact) mass is 367 g/mol. The molecule has 1 aromatic carbocycles. The molecule has 0 N–H and O–H groups in total. The number of hydrogen-bond acceptors (Lipinski definition) is 4. The minimum absolute atomic E-state index is 0.145. The number of thiophene rings is 1. The van der Waals surface area contributed by atoms with Crippen LogP contribution in [0.3, 0.4) is 0 Å². The lowest BCUT2D eigenvalue weighted by atomic mass is 10.0. The van der Waals surface area contributed by atoms with Gasteiger partial charge >= 0.3 is 0 Å². The highest BCUT2D eigenvalue weighted by Crippen LogP contribution is 2.32. The number of fused-ring (bicyclic) bond motifs is 1. The molecule has 136 valence electrons. The van der Waals surface area contributed by atoms with Crippen LogP contribution < -0.4 is 5.56 Å². The van der Waals surface area contributed by atoms with Gasteiger partial charge in [-0.05, 0) is 51.0 Å². The predicted octanol–water partition coefficient (Wildman–Crippen LogP) is 4.34. The lowest BCUT2D eigenvalue weighted by Gasteiger charge is -2.31. The number of piperidine rings is 1. The molecule has 0 aliphatic carbocycles. The van der Waals surface area contributed by atoms with Crippen LogP contribution in [-0.2, 0) is 6.42 Å². The number of benzene rings is 1. The Labute approximate surface area is 158 Å². The van der Waals surface area contributed by atoms with Crippen molar-refractivity contribution in [3.05, 3.63) is 52.6 Å². The lowest BCUT2D eigenvalue weighted by molar-refractivity contribution is 0.215. The lowest BCUT2D eigenvalue weighted by Crippen LogP contribution is -2.37. The minimum Gasteiger partial charge on any atom is -0.306 e. The number of rotatable bonds is 4. The van der Waals surface area contributed by atoms with E-state index in [2.05, 4.69) is 31.0 Å². The highest BCUT2D eigenvalue weighted by atomic mass is 32.1. The molecule has 5 heteroatoms. The SMILES string of the molecule is CCCc1nc2sc(-c3ccccc3)cc2c(=O)n1C1CCN(C)CC1. The van der Waals surface area contributed by atoms with Crippen molar-refractivity contribution in [1.29, 1.82) is 0 Å². The van der Waals surface area contributed by atoms with Crippen LogP contribution in [0, 0.1) is 0 Å². The molecule has 1 fully saturated rings. The summed E-state index contributed by atoms with van der Waals surface area (Å²) in [7, 11) is 2.15. The zero-order valence-electron chi connectivity index (χ0n) is 15.4. The van der Waals surface area contributed by atoms with E-state index in [1.165, 1.54) is 0 Å². The van der Waals surface area contributed by atoms with Crippen molar-refractivity contribution < 1.29 is 0 Å². The first-order valence-corrected chi connectivity index (χ1v) is 10.3. The number of aromatic nitrogens is 2. The fraction of sp³-hybridized carbons (Fsp3) is 0.429. The van der Waals surface area contributed by atoms with Crippen LogP contribution in [0.15, 0.2) is 41.2 Å². The Balaban J connectivity index is 1.84. The van der Waals surface area contributed by atoms with Crippen LogP contribution in [-0.4, -0.2) is 34.6 Å². The molecule has 0 spiro atoms. The quantitative estimate of drug-likeness (QED) is 0.688. The highest BCUT2D eigenvalue weighted by molar-refractivity contribution is 7.21. The first-order chi connectivity index (χ1) is 12.7. The van der Waals surface area contributed by atoms with E-state index >= 15 is 0 Å².